The summed E-state index contributed by atoms with van der Waals surface area (Å²) < 4.78 is 386. The van der Waals surface area contributed by atoms with Crippen LogP contribution in [-0.4, -0.2) is 83.4 Å². The average molecular weight is 1100 g/mol. The largest absolute Gasteiger partial charge is 0.493 e. The molecule has 2 N–H and O–H groups in total. The first-order chi connectivity index (χ1) is 32.3. The van der Waals surface area contributed by atoms with Crippen molar-refractivity contribution < 1.29 is 132 Å². The number of ether oxygens (including phenoxy) is 2. The standard InChI is InChI=1S/C38H24F28N4O2/c39-27(40,35(55,56)57)7-1-9-71-23-13-19(69-25-5-3-17(15-67-25)29(43,44)31(47,48)33(51,52)37(61,62)63)12-22-21(23)11-20(14-24(22)72-10-2-8-28(41,42)36(58,59)60)70-26-6-4-18(16-68-26)30(45,46)32(49,50)34(53,54)38(64,65)66/h3-6,11-16H,1-2,7-10H2,(H,67,69)(H,68,70). The molecule has 0 saturated heterocycles. The lowest BCUT2D eigenvalue weighted by atomic mass is 9.98. The second-order valence-corrected chi connectivity index (χ2v) is 14.9. The third kappa shape index (κ3) is 11.4. The molecule has 0 aliphatic heterocycles. The number of hydrogen-bond acceptors (Lipinski definition) is 6. The highest BCUT2D eigenvalue weighted by atomic mass is 19.5. The average Bonchev–Trinajstić information content (AvgIpc) is 3.22. The van der Waals surface area contributed by atoms with E-state index in [1.807, 2.05) is 0 Å². The number of nitrogens with one attached hydrogen (secondary N) is 2. The highest BCUT2D eigenvalue weighted by molar-refractivity contribution is 5.99. The van der Waals surface area contributed by atoms with Crippen LogP contribution in [0.3, 0.4) is 0 Å². The fourth-order valence-electron chi connectivity index (χ4n) is 5.73. The Bertz CT molecular complexity index is 2330. The maximum atomic E-state index is 14.5. The predicted octanol–water partition coefficient (Wildman–Crippen LogP) is 15.7. The van der Waals surface area contributed by atoms with Crippen LogP contribution in [0.15, 0.2) is 60.9 Å². The number of benzene rings is 2. The van der Waals surface area contributed by atoms with Crippen molar-refractivity contribution in [3.63, 3.8) is 0 Å². The summed E-state index contributed by atoms with van der Waals surface area (Å²) in [5.41, 5.74) is -5.60. The van der Waals surface area contributed by atoms with Gasteiger partial charge in [0.2, 0.25) is 0 Å². The molecule has 0 spiro atoms. The first-order valence-corrected chi connectivity index (χ1v) is 18.9. The van der Waals surface area contributed by atoms with Crippen molar-refractivity contribution in [1.29, 1.82) is 0 Å². The van der Waals surface area contributed by atoms with Gasteiger partial charge >= 0.3 is 72.1 Å². The lowest BCUT2D eigenvalue weighted by molar-refractivity contribution is -0.399. The highest BCUT2D eigenvalue weighted by Crippen LogP contribution is 2.58. The minimum Gasteiger partial charge on any atom is -0.493 e. The fraction of sp³-hybridized carbons (Fsp3) is 0.474. The van der Waals surface area contributed by atoms with E-state index < -0.39 is 167 Å². The van der Waals surface area contributed by atoms with Gasteiger partial charge in [0.25, 0.3) is 0 Å². The Kier molecular flexibility index (Phi) is 15.7. The molecule has 404 valence electrons. The van der Waals surface area contributed by atoms with E-state index in [1.54, 1.807) is 0 Å². The maximum absolute atomic E-state index is 14.5. The Hall–Kier alpha value is -5.76. The van der Waals surface area contributed by atoms with Gasteiger partial charge in [0, 0.05) is 70.6 Å². The van der Waals surface area contributed by atoms with Crippen LogP contribution in [-0.2, 0) is 11.8 Å². The summed E-state index contributed by atoms with van der Waals surface area (Å²) in [7, 11) is 0. The van der Waals surface area contributed by atoms with Gasteiger partial charge in [0.15, 0.2) is 0 Å². The highest BCUT2D eigenvalue weighted by Gasteiger charge is 2.83. The monoisotopic (exact) mass is 1100 g/mol. The fourth-order valence-corrected chi connectivity index (χ4v) is 5.73. The molecule has 0 radical (unpaired) electrons. The second kappa shape index (κ2) is 19.3. The first-order valence-electron chi connectivity index (χ1n) is 18.9. The van der Waals surface area contributed by atoms with Crippen LogP contribution < -0.4 is 20.1 Å². The number of nitrogens with zero attached hydrogens (tertiary/aromatic N) is 2. The molecule has 4 rings (SSSR count). The number of pyridine rings is 2. The van der Waals surface area contributed by atoms with Gasteiger partial charge < -0.3 is 20.1 Å². The molecule has 0 unspecified atom stereocenters. The number of anilines is 4. The van der Waals surface area contributed by atoms with Crippen LogP contribution in [0, 0.1) is 0 Å². The van der Waals surface area contributed by atoms with E-state index in [0.717, 1.165) is 24.3 Å². The Morgan fingerprint density at radius 1 is 0.375 bits per heavy atom. The van der Waals surface area contributed by atoms with Gasteiger partial charge in [0.1, 0.15) is 23.1 Å². The zero-order chi connectivity index (χ0) is 55.3. The van der Waals surface area contributed by atoms with E-state index in [-0.39, 0.29) is 36.7 Å². The van der Waals surface area contributed by atoms with E-state index in [2.05, 4.69) is 20.6 Å². The van der Waals surface area contributed by atoms with Crippen molar-refractivity contribution in [2.45, 2.75) is 97.8 Å². The molecule has 72 heavy (non-hydrogen) atoms. The van der Waals surface area contributed by atoms with E-state index >= 15 is 0 Å². The molecule has 0 saturated carbocycles. The molecule has 2 aromatic heterocycles. The van der Waals surface area contributed by atoms with Crippen molar-refractivity contribution in [3.05, 3.63) is 72.1 Å². The zero-order valence-corrected chi connectivity index (χ0v) is 34.3. The number of rotatable bonds is 20. The molecule has 0 fully saturated rings. The van der Waals surface area contributed by atoms with Crippen LogP contribution in [0.1, 0.15) is 36.8 Å². The summed E-state index contributed by atoms with van der Waals surface area (Å²) >= 11 is 0. The van der Waals surface area contributed by atoms with E-state index in [4.69, 9.17) is 9.47 Å². The lowest BCUT2D eigenvalue weighted by Gasteiger charge is -2.33. The minimum absolute atomic E-state index is 0.136. The van der Waals surface area contributed by atoms with Gasteiger partial charge in [-0.1, -0.05) is 0 Å². The van der Waals surface area contributed by atoms with Gasteiger partial charge in [-0.15, -0.1) is 0 Å². The van der Waals surface area contributed by atoms with Crippen molar-refractivity contribution in [1.82, 2.24) is 9.97 Å². The van der Waals surface area contributed by atoms with Crippen molar-refractivity contribution in [2.24, 2.45) is 0 Å². The molecule has 0 aliphatic carbocycles. The summed E-state index contributed by atoms with van der Waals surface area (Å²) in [4.78, 5) is 6.42. The van der Waals surface area contributed by atoms with E-state index in [1.165, 1.54) is 0 Å². The smallest absolute Gasteiger partial charge is 0.460 e. The van der Waals surface area contributed by atoms with Crippen LogP contribution in [0.2, 0.25) is 0 Å². The molecule has 0 bridgehead atoms. The van der Waals surface area contributed by atoms with Gasteiger partial charge in [-0.25, -0.2) is 9.97 Å². The summed E-state index contributed by atoms with van der Waals surface area (Å²) in [5.74, 6) is -55.4. The number of aromatic nitrogens is 2. The van der Waals surface area contributed by atoms with Crippen LogP contribution in [0.25, 0.3) is 10.8 Å². The number of alkyl halides is 28. The van der Waals surface area contributed by atoms with E-state index in [0.29, 0.717) is 0 Å². The molecular formula is C38H24F28N4O2. The molecule has 6 nitrogen and oxygen atoms in total. The summed E-state index contributed by atoms with van der Waals surface area (Å²) in [6, 6.07) is 3.32. The van der Waals surface area contributed by atoms with Crippen molar-refractivity contribution in [2.75, 3.05) is 23.8 Å². The number of halogens is 28. The normalized spacial score (nSPS) is 14.4. The molecule has 2 heterocycles. The van der Waals surface area contributed by atoms with E-state index in [9.17, 15) is 123 Å². The first kappa shape index (κ1) is 58.8. The molecule has 2 aromatic carbocycles. The predicted molar refractivity (Wildman–Crippen MR) is 190 cm³/mol. The van der Waals surface area contributed by atoms with Gasteiger partial charge in [-0.05, 0) is 49.2 Å². The van der Waals surface area contributed by atoms with Crippen LogP contribution in [0.4, 0.5) is 146 Å². The maximum Gasteiger partial charge on any atom is 0.460 e. The SMILES string of the molecule is FC(F)(F)C(F)(F)CCCOc1cc(Nc2ccc(C(F)(F)C(F)(F)C(F)(F)C(F)(F)F)cn2)cc2c(OCCCC(F)(F)C(F)(F)F)cc(Nc3ccc(C(F)(F)C(F)(F)C(F)(F)C(F)(F)F)cn3)cc12. The number of hydrogen-bond donors (Lipinski definition) is 2. The van der Waals surface area contributed by atoms with Crippen LogP contribution >= 0.6 is 0 Å². The summed E-state index contributed by atoms with van der Waals surface area (Å²) in [6.45, 7) is -2.25. The zero-order valence-electron chi connectivity index (χ0n) is 34.3. The van der Waals surface area contributed by atoms with Crippen molar-refractivity contribution in [3.8, 4) is 11.5 Å². The molecule has 0 aliphatic rings. The molecular weight excluding hydrogens is 1080 g/mol. The van der Waals surface area contributed by atoms with Crippen molar-refractivity contribution >= 4 is 33.8 Å². The Morgan fingerprint density at radius 3 is 0.931 bits per heavy atom. The Balaban J connectivity index is 1.84. The third-order valence-electron chi connectivity index (χ3n) is 9.70. The quantitative estimate of drug-likeness (QED) is 0.0679. The van der Waals surface area contributed by atoms with Gasteiger partial charge in [-0.2, -0.15) is 123 Å². The molecule has 4 aromatic rings. The second-order valence-electron chi connectivity index (χ2n) is 14.9. The van der Waals surface area contributed by atoms with Gasteiger partial charge in [-0.3, -0.25) is 0 Å². The summed E-state index contributed by atoms with van der Waals surface area (Å²) in [6.07, 6.45) is -33.5. The number of fused-ring (bicyclic) bond motifs is 1. The van der Waals surface area contributed by atoms with Crippen LogP contribution in [0.5, 0.6) is 11.5 Å². The Labute approximate surface area is 381 Å². The Morgan fingerprint density at radius 2 is 0.681 bits per heavy atom. The topological polar surface area (TPSA) is 68.3 Å². The molecule has 34 heteroatoms. The van der Waals surface area contributed by atoms with Gasteiger partial charge in [0.05, 0.1) is 13.2 Å². The summed E-state index contributed by atoms with van der Waals surface area (Å²) in [5, 5.41) is 3.44. The third-order valence-corrected chi connectivity index (χ3v) is 9.70. The molecule has 0 amide bonds. The molecule has 0 atom stereocenters. The minimum atomic E-state index is -7.33. The lowest BCUT2D eigenvalue weighted by Crippen LogP contribution is -2.59.